The number of nitrogens with two attached hydrogens (primary N) is 1. The van der Waals surface area contributed by atoms with Gasteiger partial charge in [0.2, 0.25) is 0 Å². The number of nitrogens with zero attached hydrogens (tertiary/aromatic N) is 1. The Morgan fingerprint density at radius 2 is 1.62 bits per heavy atom. The molecule has 0 aliphatic heterocycles. The zero-order chi connectivity index (χ0) is 16.2. The second kappa shape index (κ2) is 7.28. The lowest BCUT2D eigenvalue weighted by Gasteiger charge is -2.36. The monoisotopic (exact) mass is 292 g/mol. The van der Waals surface area contributed by atoms with Crippen LogP contribution in [-0.4, -0.2) is 30.6 Å². The molecule has 2 atom stereocenters. The van der Waals surface area contributed by atoms with Gasteiger partial charge in [-0.2, -0.15) is 0 Å². The van der Waals surface area contributed by atoms with Crippen LogP contribution in [0.5, 0.6) is 5.75 Å². The minimum Gasteiger partial charge on any atom is -0.491 e. The van der Waals surface area contributed by atoms with Crippen LogP contribution in [0.4, 0.5) is 0 Å². The van der Waals surface area contributed by atoms with E-state index in [0.29, 0.717) is 6.04 Å². The lowest BCUT2D eigenvalue weighted by Crippen LogP contribution is -2.42. The summed E-state index contributed by atoms with van der Waals surface area (Å²) < 4.78 is 5.66. The molecule has 3 heteroatoms. The highest BCUT2D eigenvalue weighted by molar-refractivity contribution is 5.29. The molecule has 0 fully saturated rings. The molecule has 2 N–H and O–H groups in total. The molecule has 0 heterocycles. The summed E-state index contributed by atoms with van der Waals surface area (Å²) in [5.41, 5.74) is 7.75. The van der Waals surface area contributed by atoms with E-state index in [-0.39, 0.29) is 17.6 Å². The quantitative estimate of drug-likeness (QED) is 0.865. The minimum absolute atomic E-state index is 0.0212. The third-order valence-corrected chi connectivity index (χ3v) is 4.08. The van der Waals surface area contributed by atoms with Gasteiger partial charge >= 0.3 is 0 Å². The van der Waals surface area contributed by atoms with Crippen molar-refractivity contribution in [1.29, 1.82) is 0 Å². The Balaban J connectivity index is 2.65. The second-order valence-electron chi connectivity index (χ2n) is 7.32. The number of likely N-dealkylation sites (N-methyl/N-ethyl adjacent to an activating group) is 1. The summed E-state index contributed by atoms with van der Waals surface area (Å²) in [5, 5.41) is 0. The summed E-state index contributed by atoms with van der Waals surface area (Å²) in [5.74, 6) is 0.900. The first-order valence-electron chi connectivity index (χ1n) is 7.83. The molecule has 0 radical (unpaired) electrons. The van der Waals surface area contributed by atoms with Gasteiger partial charge in [-0.15, -0.1) is 0 Å². The molecule has 0 spiro atoms. The molecular formula is C18H32N2O. The SMILES string of the molecule is CC(C)Oc1ccc(C(N)CN(C)C(C)C(C)(C)C)cc1. The van der Waals surface area contributed by atoms with Crippen LogP contribution < -0.4 is 10.5 Å². The average molecular weight is 292 g/mol. The molecule has 0 aliphatic carbocycles. The van der Waals surface area contributed by atoms with Gasteiger partial charge in [-0.25, -0.2) is 0 Å². The minimum atomic E-state index is 0.0212. The van der Waals surface area contributed by atoms with Crippen molar-refractivity contribution in [2.45, 2.75) is 59.7 Å². The first-order chi connectivity index (χ1) is 9.61. The molecule has 21 heavy (non-hydrogen) atoms. The zero-order valence-electron chi connectivity index (χ0n) is 14.7. The molecule has 0 saturated heterocycles. The fourth-order valence-electron chi connectivity index (χ4n) is 2.30. The van der Waals surface area contributed by atoms with Gasteiger partial charge in [0.25, 0.3) is 0 Å². The second-order valence-corrected chi connectivity index (χ2v) is 7.32. The van der Waals surface area contributed by atoms with Crippen molar-refractivity contribution >= 4 is 0 Å². The van der Waals surface area contributed by atoms with E-state index in [1.807, 2.05) is 26.0 Å². The molecule has 3 nitrogen and oxygen atoms in total. The topological polar surface area (TPSA) is 38.5 Å². The van der Waals surface area contributed by atoms with Crippen molar-refractivity contribution < 1.29 is 4.74 Å². The lowest BCUT2D eigenvalue weighted by atomic mass is 9.87. The normalized spacial score (nSPS) is 15.3. The molecule has 0 saturated carbocycles. The summed E-state index contributed by atoms with van der Waals surface area (Å²) in [6, 6.07) is 8.64. The molecule has 0 aromatic heterocycles. The summed E-state index contributed by atoms with van der Waals surface area (Å²) in [7, 11) is 2.14. The van der Waals surface area contributed by atoms with Crippen LogP contribution in [0.25, 0.3) is 0 Å². The van der Waals surface area contributed by atoms with Gasteiger partial charge in [0.1, 0.15) is 5.75 Å². The van der Waals surface area contributed by atoms with Crippen LogP contribution in [-0.2, 0) is 0 Å². The van der Waals surface area contributed by atoms with Crippen LogP contribution in [0.1, 0.15) is 53.1 Å². The average Bonchev–Trinajstić information content (AvgIpc) is 2.36. The highest BCUT2D eigenvalue weighted by Gasteiger charge is 2.25. The van der Waals surface area contributed by atoms with E-state index < -0.39 is 0 Å². The molecule has 0 aliphatic rings. The Hall–Kier alpha value is -1.06. The number of hydrogen-bond acceptors (Lipinski definition) is 3. The Morgan fingerprint density at radius 3 is 2.05 bits per heavy atom. The number of hydrogen-bond donors (Lipinski definition) is 1. The summed E-state index contributed by atoms with van der Waals surface area (Å²) in [6.07, 6.45) is 0.197. The van der Waals surface area contributed by atoms with Gasteiger partial charge in [0.15, 0.2) is 0 Å². The lowest BCUT2D eigenvalue weighted by molar-refractivity contribution is 0.134. The predicted octanol–water partition coefficient (Wildman–Crippen LogP) is 3.84. The van der Waals surface area contributed by atoms with Crippen LogP contribution in [0.3, 0.4) is 0 Å². The van der Waals surface area contributed by atoms with Crippen LogP contribution in [0, 0.1) is 5.41 Å². The molecule has 0 bridgehead atoms. The van der Waals surface area contributed by atoms with E-state index in [0.717, 1.165) is 17.9 Å². The van der Waals surface area contributed by atoms with Crippen LogP contribution in [0.2, 0.25) is 0 Å². The van der Waals surface area contributed by atoms with E-state index in [4.69, 9.17) is 10.5 Å². The Bertz CT molecular complexity index is 420. The summed E-state index contributed by atoms with van der Waals surface area (Å²) in [4.78, 5) is 2.34. The molecule has 2 unspecified atom stereocenters. The van der Waals surface area contributed by atoms with Crippen molar-refractivity contribution in [3.05, 3.63) is 29.8 Å². The fraction of sp³-hybridized carbons (Fsp3) is 0.667. The fourth-order valence-corrected chi connectivity index (χ4v) is 2.30. The van der Waals surface area contributed by atoms with E-state index in [9.17, 15) is 0 Å². The first kappa shape index (κ1) is 18.0. The summed E-state index contributed by atoms with van der Waals surface area (Å²) in [6.45, 7) is 14.0. The largest absolute Gasteiger partial charge is 0.491 e. The predicted molar refractivity (Wildman–Crippen MR) is 90.7 cm³/mol. The zero-order valence-corrected chi connectivity index (χ0v) is 14.7. The van der Waals surface area contributed by atoms with Crippen molar-refractivity contribution in [1.82, 2.24) is 4.90 Å². The highest BCUT2D eigenvalue weighted by atomic mass is 16.5. The van der Waals surface area contributed by atoms with Gasteiger partial charge in [0, 0.05) is 18.6 Å². The molecule has 1 aromatic rings. The van der Waals surface area contributed by atoms with Gasteiger partial charge < -0.3 is 15.4 Å². The van der Waals surface area contributed by atoms with Gasteiger partial charge in [-0.3, -0.25) is 0 Å². The third-order valence-electron chi connectivity index (χ3n) is 4.08. The maximum absolute atomic E-state index is 6.35. The van der Waals surface area contributed by atoms with Crippen LogP contribution in [0.15, 0.2) is 24.3 Å². The maximum Gasteiger partial charge on any atom is 0.119 e. The van der Waals surface area contributed by atoms with Crippen molar-refractivity contribution in [3.8, 4) is 5.75 Å². The number of ether oxygens (including phenoxy) is 1. The van der Waals surface area contributed by atoms with Crippen molar-refractivity contribution in [3.63, 3.8) is 0 Å². The van der Waals surface area contributed by atoms with E-state index in [1.165, 1.54) is 0 Å². The van der Waals surface area contributed by atoms with Gasteiger partial charge in [-0.05, 0) is 50.9 Å². The van der Waals surface area contributed by atoms with Gasteiger partial charge in [-0.1, -0.05) is 32.9 Å². The Kier molecular flexibility index (Phi) is 6.24. The standard InChI is InChI=1S/C18H32N2O/c1-13(2)21-16-10-8-15(9-11-16)17(19)12-20(7)14(3)18(4,5)6/h8-11,13-14,17H,12,19H2,1-7H3. The smallest absolute Gasteiger partial charge is 0.119 e. The molecule has 120 valence electrons. The molecular weight excluding hydrogens is 260 g/mol. The van der Waals surface area contributed by atoms with E-state index in [1.54, 1.807) is 0 Å². The van der Waals surface area contributed by atoms with E-state index in [2.05, 4.69) is 51.8 Å². The van der Waals surface area contributed by atoms with Crippen molar-refractivity contribution in [2.24, 2.45) is 11.1 Å². The molecule has 0 amide bonds. The Labute approximate surface area is 130 Å². The third kappa shape index (κ3) is 5.68. The van der Waals surface area contributed by atoms with Crippen molar-refractivity contribution in [2.75, 3.05) is 13.6 Å². The molecule has 1 rings (SSSR count). The van der Waals surface area contributed by atoms with Crippen LogP contribution >= 0.6 is 0 Å². The van der Waals surface area contributed by atoms with Gasteiger partial charge in [0.05, 0.1) is 6.10 Å². The Morgan fingerprint density at radius 1 is 1.10 bits per heavy atom. The highest BCUT2D eigenvalue weighted by Crippen LogP contribution is 2.25. The molecule has 1 aromatic carbocycles. The first-order valence-corrected chi connectivity index (χ1v) is 7.83. The number of rotatable bonds is 6. The summed E-state index contributed by atoms with van der Waals surface area (Å²) >= 11 is 0. The number of benzene rings is 1. The maximum atomic E-state index is 6.35. The van der Waals surface area contributed by atoms with E-state index >= 15 is 0 Å².